The van der Waals surface area contributed by atoms with Crippen molar-refractivity contribution in [3.63, 3.8) is 0 Å². The molecule has 2 rings (SSSR count). The number of nitrogens with zero attached hydrogens (tertiary/aromatic N) is 3. The van der Waals surface area contributed by atoms with E-state index in [0.29, 0.717) is 11.2 Å². The fourth-order valence-electron chi connectivity index (χ4n) is 1.74. The Hall–Kier alpha value is -1.73. The van der Waals surface area contributed by atoms with Gasteiger partial charge in [0.25, 0.3) is 0 Å². The lowest BCUT2D eigenvalue weighted by Gasteiger charge is -2.17. The van der Waals surface area contributed by atoms with Crippen molar-refractivity contribution >= 4 is 34.6 Å². The zero-order chi connectivity index (χ0) is 14.0. The summed E-state index contributed by atoms with van der Waals surface area (Å²) in [5, 5.41) is 2.83. The molecule has 2 aromatic rings. The molecule has 0 aliphatic carbocycles. The first-order valence-electron chi connectivity index (χ1n) is 5.90. The summed E-state index contributed by atoms with van der Waals surface area (Å²) in [5.41, 5.74) is 6.53. The second-order valence-electron chi connectivity index (χ2n) is 4.51. The highest BCUT2D eigenvalue weighted by Crippen LogP contribution is 2.19. The second kappa shape index (κ2) is 5.50. The van der Waals surface area contributed by atoms with Crippen molar-refractivity contribution in [1.82, 2.24) is 19.9 Å². The maximum Gasteiger partial charge on any atom is 0.233 e. The molecule has 0 fully saturated rings. The summed E-state index contributed by atoms with van der Waals surface area (Å²) in [4.78, 5) is 26.9. The van der Waals surface area contributed by atoms with Crippen LogP contribution in [-0.4, -0.2) is 32.4 Å². The largest absolute Gasteiger partial charge is 0.341 e. The molecule has 0 saturated carbocycles. The molecule has 0 spiro atoms. The van der Waals surface area contributed by atoms with Crippen LogP contribution in [0.2, 0.25) is 5.15 Å². The number of imidazole rings is 1. The average molecular weight is 283 g/mol. The van der Waals surface area contributed by atoms with Crippen LogP contribution in [0.15, 0.2) is 6.33 Å². The van der Waals surface area contributed by atoms with Crippen molar-refractivity contribution in [2.24, 2.45) is 17.6 Å². The predicted octanol–water partition coefficient (Wildman–Crippen LogP) is 1.18. The van der Waals surface area contributed by atoms with Crippen molar-refractivity contribution in [3.05, 3.63) is 11.5 Å². The lowest BCUT2D eigenvalue weighted by Crippen LogP contribution is -2.33. The summed E-state index contributed by atoms with van der Waals surface area (Å²) >= 11 is 5.96. The Kier molecular flexibility index (Phi) is 3.96. The normalized spacial score (nSPS) is 12.9. The fourth-order valence-corrected chi connectivity index (χ4v) is 1.96. The average Bonchev–Trinajstić information content (AvgIpc) is 2.77. The Bertz CT molecular complexity index is 596. The number of hydrogen-bond donors (Lipinski definition) is 3. The topological polar surface area (TPSA) is 110 Å². The van der Waals surface area contributed by atoms with Crippen LogP contribution in [-0.2, 0) is 4.79 Å². The molecule has 0 aromatic carbocycles. The number of H-pyrrole nitrogens is 1. The first-order chi connectivity index (χ1) is 9.02. The molecule has 102 valence electrons. The van der Waals surface area contributed by atoms with Gasteiger partial charge in [0, 0.05) is 6.54 Å². The highest BCUT2D eigenvalue weighted by molar-refractivity contribution is 6.33. The molecule has 0 bridgehead atoms. The van der Waals surface area contributed by atoms with E-state index in [4.69, 9.17) is 17.3 Å². The minimum absolute atomic E-state index is 0.133. The Morgan fingerprint density at radius 2 is 2.26 bits per heavy atom. The number of halogens is 1. The number of carbonyl (C=O) groups excluding carboxylic acids is 1. The van der Waals surface area contributed by atoms with Gasteiger partial charge in [-0.2, -0.15) is 9.97 Å². The summed E-state index contributed by atoms with van der Waals surface area (Å²) in [7, 11) is 0. The molecular formula is C11H15ClN6O. The van der Waals surface area contributed by atoms with Gasteiger partial charge < -0.3 is 10.7 Å². The summed E-state index contributed by atoms with van der Waals surface area (Å²) in [6.07, 6.45) is 1.47. The molecule has 2 aromatic heterocycles. The third-order valence-corrected chi connectivity index (χ3v) is 3.15. The highest BCUT2D eigenvalue weighted by atomic mass is 35.5. The zero-order valence-electron chi connectivity index (χ0n) is 10.6. The molecule has 0 aliphatic heterocycles. The van der Waals surface area contributed by atoms with Crippen LogP contribution < -0.4 is 11.1 Å². The molecule has 1 amide bonds. The van der Waals surface area contributed by atoms with Crippen LogP contribution in [0, 0.1) is 11.8 Å². The quantitative estimate of drug-likeness (QED) is 0.729. The Balaban J connectivity index is 2.23. The van der Waals surface area contributed by atoms with E-state index < -0.39 is 0 Å². The Morgan fingerprint density at radius 3 is 2.89 bits per heavy atom. The van der Waals surface area contributed by atoms with Gasteiger partial charge in [-0.15, -0.1) is 0 Å². The van der Waals surface area contributed by atoms with Crippen LogP contribution >= 0.6 is 11.6 Å². The molecule has 0 aliphatic rings. The molecule has 7 nitrogen and oxygen atoms in total. The number of fused-ring (bicyclic) bond motifs is 1. The number of amides is 1. The molecule has 1 unspecified atom stereocenters. The SMILES string of the molecule is CC(C)C(CN)C(=O)Nc1nc(Cl)c2[nH]cnc2n1. The van der Waals surface area contributed by atoms with Crippen LogP contribution in [0.3, 0.4) is 0 Å². The molecule has 0 saturated heterocycles. The summed E-state index contributed by atoms with van der Waals surface area (Å²) in [6, 6.07) is 0. The van der Waals surface area contributed by atoms with Gasteiger partial charge in [-0.3, -0.25) is 10.1 Å². The Morgan fingerprint density at radius 1 is 1.53 bits per heavy atom. The van der Waals surface area contributed by atoms with Gasteiger partial charge in [-0.05, 0) is 5.92 Å². The van der Waals surface area contributed by atoms with E-state index in [2.05, 4.69) is 25.3 Å². The summed E-state index contributed by atoms with van der Waals surface area (Å²) in [6.45, 7) is 4.13. The second-order valence-corrected chi connectivity index (χ2v) is 4.87. The van der Waals surface area contributed by atoms with Gasteiger partial charge in [0.15, 0.2) is 10.8 Å². The van der Waals surface area contributed by atoms with Gasteiger partial charge in [0.2, 0.25) is 11.9 Å². The van der Waals surface area contributed by atoms with Gasteiger partial charge in [-0.1, -0.05) is 25.4 Å². The number of carbonyl (C=O) groups is 1. The third kappa shape index (κ3) is 2.82. The number of nitrogens with two attached hydrogens (primary N) is 1. The van der Waals surface area contributed by atoms with Crippen molar-refractivity contribution in [1.29, 1.82) is 0 Å². The first kappa shape index (κ1) is 13.7. The van der Waals surface area contributed by atoms with Gasteiger partial charge >= 0.3 is 0 Å². The zero-order valence-corrected chi connectivity index (χ0v) is 11.4. The predicted molar refractivity (Wildman–Crippen MR) is 72.7 cm³/mol. The maximum atomic E-state index is 12.0. The fraction of sp³-hybridized carbons (Fsp3) is 0.455. The van der Waals surface area contributed by atoms with E-state index in [0.717, 1.165) is 0 Å². The van der Waals surface area contributed by atoms with Crippen LogP contribution in [0.25, 0.3) is 11.2 Å². The molecule has 4 N–H and O–H groups in total. The van der Waals surface area contributed by atoms with Gasteiger partial charge in [0.1, 0.15) is 5.52 Å². The minimum Gasteiger partial charge on any atom is -0.341 e. The number of aromatic amines is 1. The lowest BCUT2D eigenvalue weighted by atomic mass is 9.95. The smallest absolute Gasteiger partial charge is 0.233 e. The molecule has 0 radical (unpaired) electrons. The molecule has 8 heteroatoms. The van der Waals surface area contributed by atoms with Gasteiger partial charge in [0.05, 0.1) is 12.2 Å². The van der Waals surface area contributed by atoms with Crippen molar-refractivity contribution in [2.75, 3.05) is 11.9 Å². The molecular weight excluding hydrogens is 268 g/mol. The van der Waals surface area contributed by atoms with Crippen LogP contribution in [0.5, 0.6) is 0 Å². The summed E-state index contributed by atoms with van der Waals surface area (Å²) < 4.78 is 0. The maximum absolute atomic E-state index is 12.0. The van der Waals surface area contributed by atoms with Crippen molar-refractivity contribution in [3.8, 4) is 0 Å². The van der Waals surface area contributed by atoms with Crippen LogP contribution in [0.4, 0.5) is 5.95 Å². The van der Waals surface area contributed by atoms with E-state index in [1.807, 2.05) is 13.8 Å². The Labute approximate surface area is 115 Å². The van der Waals surface area contributed by atoms with Crippen LogP contribution in [0.1, 0.15) is 13.8 Å². The van der Waals surface area contributed by atoms with E-state index in [-0.39, 0.29) is 35.4 Å². The number of aromatic nitrogens is 4. The number of hydrogen-bond acceptors (Lipinski definition) is 5. The monoisotopic (exact) mass is 282 g/mol. The standard InChI is InChI=1S/C11H15ClN6O/c1-5(2)6(3-13)10(19)18-11-16-8(12)7-9(17-11)15-4-14-7/h4-6H,3,13H2,1-2H3,(H2,14,15,16,17,18,19). The van der Waals surface area contributed by atoms with Crippen molar-refractivity contribution in [2.45, 2.75) is 13.8 Å². The summed E-state index contributed by atoms with van der Waals surface area (Å²) in [5.74, 6) is -0.246. The molecule has 1 atom stereocenters. The minimum atomic E-state index is -0.294. The molecule has 2 heterocycles. The molecule has 19 heavy (non-hydrogen) atoms. The van der Waals surface area contributed by atoms with E-state index >= 15 is 0 Å². The van der Waals surface area contributed by atoms with Crippen molar-refractivity contribution < 1.29 is 4.79 Å². The highest BCUT2D eigenvalue weighted by Gasteiger charge is 2.21. The number of anilines is 1. The third-order valence-electron chi connectivity index (χ3n) is 2.87. The number of nitrogens with one attached hydrogen (secondary N) is 2. The van der Waals surface area contributed by atoms with E-state index in [1.54, 1.807) is 0 Å². The number of rotatable bonds is 4. The van der Waals surface area contributed by atoms with E-state index in [9.17, 15) is 4.79 Å². The van der Waals surface area contributed by atoms with Gasteiger partial charge in [-0.25, -0.2) is 4.98 Å². The first-order valence-corrected chi connectivity index (χ1v) is 6.28. The lowest BCUT2D eigenvalue weighted by molar-refractivity contribution is -0.120. The van der Waals surface area contributed by atoms with E-state index in [1.165, 1.54) is 6.33 Å².